The summed E-state index contributed by atoms with van der Waals surface area (Å²) in [5.41, 5.74) is -0.00857. The standard InChI is InChI=1S/C24H19F3N4O4/c25-13-3-4-14(26)20(19(13)27)30-24(33)31-21-18-12-9-10(1-5-15(12)35-22(18)21)34-16-7-8-28-23-11(16)2-6-17(32)29-23/h1,3-5,7-8,12,18,21-22H,2,6,9H2,(H,28,29,32)(H2,30,31,33)/t12?,18-,21-,22-/m0/s1. The van der Waals surface area contributed by atoms with Gasteiger partial charge in [-0.05, 0) is 36.8 Å². The van der Waals surface area contributed by atoms with Crippen LogP contribution in [0.2, 0.25) is 0 Å². The van der Waals surface area contributed by atoms with Crippen molar-refractivity contribution >= 4 is 23.4 Å². The van der Waals surface area contributed by atoms with E-state index >= 15 is 0 Å². The fourth-order valence-corrected chi connectivity index (χ4v) is 4.92. The van der Waals surface area contributed by atoms with Gasteiger partial charge in [-0.15, -0.1) is 0 Å². The fraction of sp³-hybridized carbons (Fsp3) is 0.292. The molecule has 1 aromatic heterocycles. The largest absolute Gasteiger partial charge is 0.492 e. The Morgan fingerprint density at radius 3 is 2.83 bits per heavy atom. The van der Waals surface area contributed by atoms with Crippen molar-refractivity contribution in [2.24, 2.45) is 11.8 Å². The molecule has 180 valence electrons. The number of allylic oxidation sites excluding steroid dienone is 4. The van der Waals surface area contributed by atoms with Gasteiger partial charge in [0.05, 0.1) is 6.04 Å². The summed E-state index contributed by atoms with van der Waals surface area (Å²) in [5, 5.41) is 7.44. The van der Waals surface area contributed by atoms with Gasteiger partial charge in [-0.1, -0.05) is 0 Å². The van der Waals surface area contributed by atoms with Crippen LogP contribution in [-0.4, -0.2) is 29.1 Å². The van der Waals surface area contributed by atoms with Crippen molar-refractivity contribution in [1.29, 1.82) is 0 Å². The molecule has 2 aliphatic heterocycles. The lowest BCUT2D eigenvalue weighted by Gasteiger charge is -2.24. The van der Waals surface area contributed by atoms with E-state index in [4.69, 9.17) is 9.47 Å². The van der Waals surface area contributed by atoms with Crippen LogP contribution >= 0.6 is 0 Å². The summed E-state index contributed by atoms with van der Waals surface area (Å²) < 4.78 is 53.1. The molecule has 6 rings (SSSR count). The van der Waals surface area contributed by atoms with Gasteiger partial charge in [-0.2, -0.15) is 0 Å². The molecule has 2 aliphatic carbocycles. The zero-order valence-electron chi connectivity index (χ0n) is 18.1. The number of aromatic nitrogens is 1. The van der Waals surface area contributed by atoms with Crippen molar-refractivity contribution < 1.29 is 32.2 Å². The average Bonchev–Trinajstić information content (AvgIpc) is 3.35. The molecule has 3 N–H and O–H groups in total. The van der Waals surface area contributed by atoms with Crippen LogP contribution in [-0.2, 0) is 16.0 Å². The number of nitrogens with zero attached hydrogens (tertiary/aromatic N) is 1. The maximum Gasteiger partial charge on any atom is 0.319 e. The number of rotatable bonds is 4. The van der Waals surface area contributed by atoms with Gasteiger partial charge in [0.1, 0.15) is 40.7 Å². The molecule has 3 amide bonds. The molecule has 1 aromatic carbocycles. The van der Waals surface area contributed by atoms with Crippen LogP contribution in [0.3, 0.4) is 0 Å². The molecular weight excluding hydrogens is 465 g/mol. The van der Waals surface area contributed by atoms with E-state index in [1.54, 1.807) is 12.3 Å². The molecule has 8 nitrogen and oxygen atoms in total. The number of ether oxygens (including phenoxy) is 2. The van der Waals surface area contributed by atoms with Crippen molar-refractivity contribution in [2.45, 2.75) is 31.4 Å². The number of amides is 3. The van der Waals surface area contributed by atoms with Crippen molar-refractivity contribution in [3.63, 3.8) is 0 Å². The Labute approximate surface area is 197 Å². The minimum absolute atomic E-state index is 0.0350. The first-order valence-corrected chi connectivity index (χ1v) is 11.1. The Balaban J connectivity index is 1.10. The lowest BCUT2D eigenvalue weighted by molar-refractivity contribution is -0.116. The van der Waals surface area contributed by atoms with Crippen molar-refractivity contribution in [2.75, 3.05) is 10.6 Å². The number of fused-ring (bicyclic) bond motifs is 4. The number of nitrogens with one attached hydrogen (secondary N) is 3. The highest BCUT2D eigenvalue weighted by Gasteiger charge is 2.64. The molecule has 0 spiro atoms. The summed E-state index contributed by atoms with van der Waals surface area (Å²) in [6.07, 6.45) is 6.39. The monoisotopic (exact) mass is 484 g/mol. The van der Waals surface area contributed by atoms with Gasteiger partial charge in [0.15, 0.2) is 11.6 Å². The zero-order valence-corrected chi connectivity index (χ0v) is 18.1. The highest BCUT2D eigenvalue weighted by Crippen LogP contribution is 2.55. The normalized spacial score (nSPS) is 25.6. The maximum atomic E-state index is 13.8. The SMILES string of the molecule is O=C1CCc2c(OC3=CC=C4O[C@@H]5[C@@H](NC(=O)Nc6c(F)ccc(F)c6F)[C@@H]5C4C3)ccnc2N1. The zero-order chi connectivity index (χ0) is 24.3. The van der Waals surface area contributed by atoms with Crippen molar-refractivity contribution in [3.05, 3.63) is 71.1 Å². The summed E-state index contributed by atoms with van der Waals surface area (Å²) in [6.45, 7) is 0. The van der Waals surface area contributed by atoms with Gasteiger partial charge in [-0.3, -0.25) is 4.79 Å². The average molecular weight is 484 g/mol. The molecule has 4 atom stereocenters. The third kappa shape index (κ3) is 3.76. The van der Waals surface area contributed by atoms with Gasteiger partial charge in [0.25, 0.3) is 0 Å². The van der Waals surface area contributed by atoms with E-state index in [9.17, 15) is 22.8 Å². The topological polar surface area (TPSA) is 102 Å². The fourth-order valence-electron chi connectivity index (χ4n) is 4.92. The predicted molar refractivity (Wildman–Crippen MR) is 117 cm³/mol. The summed E-state index contributed by atoms with van der Waals surface area (Å²) in [4.78, 5) is 28.2. The Bertz CT molecular complexity index is 1330. The number of pyridine rings is 1. The van der Waals surface area contributed by atoms with Crippen LogP contribution in [0.4, 0.5) is 29.5 Å². The number of carbonyl (C=O) groups excluding carboxylic acids is 2. The highest BCUT2D eigenvalue weighted by atomic mass is 19.2. The summed E-state index contributed by atoms with van der Waals surface area (Å²) >= 11 is 0. The van der Waals surface area contributed by atoms with Gasteiger partial charge < -0.3 is 25.4 Å². The molecule has 1 saturated heterocycles. The maximum absolute atomic E-state index is 13.8. The number of anilines is 2. The van der Waals surface area contributed by atoms with E-state index in [0.717, 1.165) is 17.4 Å². The van der Waals surface area contributed by atoms with E-state index in [2.05, 4.69) is 15.6 Å². The first kappa shape index (κ1) is 21.5. The number of carbonyl (C=O) groups is 2. The number of halogens is 3. The van der Waals surface area contributed by atoms with Gasteiger partial charge in [0.2, 0.25) is 5.91 Å². The summed E-state index contributed by atoms with van der Waals surface area (Å²) in [7, 11) is 0. The molecular formula is C24H19F3N4O4. The number of hydrogen-bond donors (Lipinski definition) is 3. The van der Waals surface area contributed by atoms with Crippen molar-refractivity contribution in [3.8, 4) is 5.75 Å². The third-order valence-electron chi connectivity index (χ3n) is 6.66. The molecule has 1 unspecified atom stereocenters. The first-order chi connectivity index (χ1) is 16.9. The molecule has 0 radical (unpaired) electrons. The molecule has 35 heavy (non-hydrogen) atoms. The first-order valence-electron chi connectivity index (χ1n) is 11.1. The second-order valence-corrected chi connectivity index (χ2v) is 8.80. The highest BCUT2D eigenvalue weighted by molar-refractivity contribution is 5.93. The molecule has 1 saturated carbocycles. The second-order valence-electron chi connectivity index (χ2n) is 8.80. The molecule has 0 bridgehead atoms. The van der Waals surface area contributed by atoms with Gasteiger partial charge >= 0.3 is 6.03 Å². The number of benzene rings is 1. The van der Waals surface area contributed by atoms with E-state index in [0.29, 0.717) is 42.7 Å². The third-order valence-corrected chi connectivity index (χ3v) is 6.66. The van der Waals surface area contributed by atoms with E-state index in [-0.39, 0.29) is 29.9 Å². The van der Waals surface area contributed by atoms with Crippen LogP contribution in [0, 0.1) is 29.3 Å². The Morgan fingerprint density at radius 1 is 1.14 bits per heavy atom. The Hall–Kier alpha value is -4.02. The minimum Gasteiger partial charge on any atom is -0.492 e. The quantitative estimate of drug-likeness (QED) is 0.574. The van der Waals surface area contributed by atoms with Crippen LogP contribution in [0.15, 0.2) is 48.1 Å². The lowest BCUT2D eigenvalue weighted by Crippen LogP contribution is -2.35. The molecule has 3 heterocycles. The molecule has 11 heteroatoms. The van der Waals surface area contributed by atoms with E-state index in [1.165, 1.54) is 0 Å². The van der Waals surface area contributed by atoms with Crippen molar-refractivity contribution in [1.82, 2.24) is 10.3 Å². The predicted octanol–water partition coefficient (Wildman–Crippen LogP) is 3.77. The molecule has 4 aliphatic rings. The second kappa shape index (κ2) is 8.03. The number of hydrogen-bond acceptors (Lipinski definition) is 5. The summed E-state index contributed by atoms with van der Waals surface area (Å²) in [6, 6.07) is 1.93. The van der Waals surface area contributed by atoms with E-state index < -0.39 is 29.2 Å². The van der Waals surface area contributed by atoms with Crippen LogP contribution in [0.1, 0.15) is 18.4 Å². The molecule has 2 fully saturated rings. The van der Waals surface area contributed by atoms with Crippen LogP contribution in [0.5, 0.6) is 5.75 Å². The Morgan fingerprint density at radius 2 is 1.97 bits per heavy atom. The Kier molecular flexibility index (Phi) is 4.94. The number of urea groups is 1. The minimum atomic E-state index is -1.46. The summed E-state index contributed by atoms with van der Waals surface area (Å²) in [5.74, 6) is -1.34. The smallest absolute Gasteiger partial charge is 0.319 e. The van der Waals surface area contributed by atoms with Gasteiger partial charge in [0, 0.05) is 36.4 Å². The lowest BCUT2D eigenvalue weighted by atomic mass is 9.93. The van der Waals surface area contributed by atoms with Crippen LogP contribution < -0.4 is 20.7 Å². The van der Waals surface area contributed by atoms with Crippen LogP contribution in [0.25, 0.3) is 0 Å². The van der Waals surface area contributed by atoms with E-state index in [1.807, 2.05) is 17.5 Å². The van der Waals surface area contributed by atoms with Gasteiger partial charge in [-0.25, -0.2) is 22.9 Å². The molecule has 2 aromatic rings.